The van der Waals surface area contributed by atoms with Crippen molar-refractivity contribution >= 4 is 27.5 Å². The first-order valence-corrected chi connectivity index (χ1v) is 10.4. The first kappa shape index (κ1) is 17.6. The second-order valence-corrected chi connectivity index (χ2v) is 9.90. The molecule has 2 aliphatic carbocycles. The predicted octanol–water partition coefficient (Wildman–Crippen LogP) is 2.76. The van der Waals surface area contributed by atoms with Gasteiger partial charge in [0.05, 0.1) is 35.1 Å². The SMILES string of the molecule is CC1(C)C(=O)N(C2CC(C#N)(N3CCOC4(CC4)C3)C2)c2cc(Br)cnc21. The van der Waals surface area contributed by atoms with Crippen molar-refractivity contribution < 1.29 is 9.53 Å². The Morgan fingerprint density at radius 1 is 1.37 bits per heavy atom. The number of pyridine rings is 1. The highest BCUT2D eigenvalue weighted by Crippen LogP contribution is 2.51. The Balaban J connectivity index is 1.41. The molecule has 1 aromatic rings. The summed E-state index contributed by atoms with van der Waals surface area (Å²) in [4.78, 5) is 21.9. The Morgan fingerprint density at radius 3 is 2.78 bits per heavy atom. The van der Waals surface area contributed by atoms with Crippen molar-refractivity contribution in [3.8, 4) is 6.07 Å². The number of nitriles is 1. The summed E-state index contributed by atoms with van der Waals surface area (Å²) in [6.07, 6.45) is 5.32. The lowest BCUT2D eigenvalue weighted by Gasteiger charge is -2.54. The second kappa shape index (κ2) is 5.53. The summed E-state index contributed by atoms with van der Waals surface area (Å²) < 4.78 is 6.78. The smallest absolute Gasteiger partial charge is 0.239 e. The molecule has 1 aromatic heterocycles. The molecule has 1 amide bonds. The number of carbonyl (C=O) groups is 1. The van der Waals surface area contributed by atoms with Crippen LogP contribution in [-0.2, 0) is 14.9 Å². The van der Waals surface area contributed by atoms with Crippen molar-refractivity contribution in [2.45, 2.75) is 62.1 Å². The fourth-order valence-electron chi connectivity index (χ4n) is 4.94. The number of aromatic nitrogens is 1. The molecule has 27 heavy (non-hydrogen) atoms. The number of nitrogens with zero attached hydrogens (tertiary/aromatic N) is 4. The van der Waals surface area contributed by atoms with E-state index in [9.17, 15) is 10.1 Å². The molecule has 3 fully saturated rings. The number of amides is 1. The third-order valence-electron chi connectivity index (χ3n) is 6.82. The largest absolute Gasteiger partial charge is 0.372 e. The lowest BCUT2D eigenvalue weighted by atomic mass is 9.71. The van der Waals surface area contributed by atoms with Crippen LogP contribution in [0.4, 0.5) is 5.69 Å². The molecule has 0 radical (unpaired) electrons. The Kier molecular flexibility index (Phi) is 3.60. The zero-order chi connectivity index (χ0) is 19.0. The van der Waals surface area contributed by atoms with Gasteiger partial charge in [-0.3, -0.25) is 14.7 Å². The molecule has 0 unspecified atom stereocenters. The van der Waals surface area contributed by atoms with Gasteiger partial charge in [0.2, 0.25) is 5.91 Å². The fraction of sp³-hybridized carbons (Fsp3) is 0.650. The molecule has 2 aliphatic heterocycles. The summed E-state index contributed by atoms with van der Waals surface area (Å²) in [6.45, 7) is 6.21. The van der Waals surface area contributed by atoms with Gasteiger partial charge in [0.1, 0.15) is 5.54 Å². The number of ether oxygens (including phenoxy) is 1. The minimum atomic E-state index is -0.627. The molecule has 3 heterocycles. The molecule has 2 saturated carbocycles. The first-order chi connectivity index (χ1) is 12.8. The molecule has 6 nitrogen and oxygen atoms in total. The van der Waals surface area contributed by atoms with Gasteiger partial charge in [-0.1, -0.05) is 0 Å². The summed E-state index contributed by atoms with van der Waals surface area (Å²) >= 11 is 3.48. The Hall–Kier alpha value is -1.49. The minimum Gasteiger partial charge on any atom is -0.372 e. The molecule has 4 aliphatic rings. The van der Waals surface area contributed by atoms with E-state index in [1.54, 1.807) is 6.20 Å². The van der Waals surface area contributed by atoms with E-state index in [0.29, 0.717) is 19.4 Å². The number of hydrogen-bond donors (Lipinski definition) is 0. The normalized spacial score (nSPS) is 33.5. The minimum absolute atomic E-state index is 0.0000250. The summed E-state index contributed by atoms with van der Waals surface area (Å²) in [5, 5.41) is 9.99. The number of halogens is 1. The molecule has 1 saturated heterocycles. The Labute approximate surface area is 167 Å². The maximum absolute atomic E-state index is 13.2. The number of morpholine rings is 1. The van der Waals surface area contributed by atoms with Crippen LogP contribution in [0.15, 0.2) is 16.7 Å². The quantitative estimate of drug-likeness (QED) is 0.721. The highest BCUT2D eigenvalue weighted by molar-refractivity contribution is 9.10. The van der Waals surface area contributed by atoms with E-state index in [4.69, 9.17) is 4.74 Å². The van der Waals surface area contributed by atoms with E-state index in [-0.39, 0.29) is 17.6 Å². The van der Waals surface area contributed by atoms with Gasteiger partial charge in [-0.2, -0.15) is 5.26 Å². The van der Waals surface area contributed by atoms with Crippen LogP contribution in [-0.4, -0.2) is 52.7 Å². The van der Waals surface area contributed by atoms with Crippen LogP contribution in [0.25, 0.3) is 0 Å². The maximum Gasteiger partial charge on any atom is 0.239 e. The van der Waals surface area contributed by atoms with Crippen LogP contribution < -0.4 is 4.90 Å². The molecule has 0 bridgehead atoms. The van der Waals surface area contributed by atoms with Crippen molar-refractivity contribution in [2.24, 2.45) is 0 Å². The zero-order valence-electron chi connectivity index (χ0n) is 15.7. The van der Waals surface area contributed by atoms with Crippen LogP contribution in [0.2, 0.25) is 0 Å². The molecule has 142 valence electrons. The maximum atomic E-state index is 13.2. The van der Waals surface area contributed by atoms with E-state index in [1.165, 1.54) is 0 Å². The van der Waals surface area contributed by atoms with E-state index in [1.807, 2.05) is 24.8 Å². The average molecular weight is 431 g/mol. The number of anilines is 1. The molecule has 1 spiro atoms. The summed E-state index contributed by atoms with van der Waals surface area (Å²) in [5.74, 6) is 0.0836. The third kappa shape index (κ3) is 2.43. The highest BCUT2D eigenvalue weighted by atomic mass is 79.9. The molecule has 5 rings (SSSR count). The fourth-order valence-corrected chi connectivity index (χ4v) is 5.26. The van der Waals surface area contributed by atoms with E-state index < -0.39 is 11.0 Å². The average Bonchev–Trinajstić information content (AvgIpc) is 3.31. The standard InChI is InChI=1S/C20H23BrN4O2/c1-18(2)16-15(7-13(21)10-23-16)25(17(18)26)14-8-19(9-14,11-22)24-5-6-27-20(12-24)3-4-20/h7,10,14H,3-6,8-9,12H2,1-2H3. The summed E-state index contributed by atoms with van der Waals surface area (Å²) in [5.41, 5.74) is 0.610. The van der Waals surface area contributed by atoms with Crippen molar-refractivity contribution in [1.82, 2.24) is 9.88 Å². The lowest BCUT2D eigenvalue weighted by molar-refractivity contribution is -0.124. The van der Waals surface area contributed by atoms with Crippen LogP contribution in [0.3, 0.4) is 0 Å². The van der Waals surface area contributed by atoms with Crippen LogP contribution in [0, 0.1) is 11.3 Å². The van der Waals surface area contributed by atoms with Crippen molar-refractivity contribution in [2.75, 3.05) is 24.6 Å². The third-order valence-corrected chi connectivity index (χ3v) is 7.25. The van der Waals surface area contributed by atoms with Gasteiger partial charge >= 0.3 is 0 Å². The molecule has 0 aromatic carbocycles. The van der Waals surface area contributed by atoms with Gasteiger partial charge in [-0.25, -0.2) is 0 Å². The summed E-state index contributed by atoms with van der Waals surface area (Å²) in [6, 6.07) is 4.61. The zero-order valence-corrected chi connectivity index (χ0v) is 17.3. The van der Waals surface area contributed by atoms with E-state index >= 15 is 0 Å². The van der Waals surface area contributed by atoms with Gasteiger partial charge in [0, 0.05) is 42.6 Å². The summed E-state index contributed by atoms with van der Waals surface area (Å²) in [7, 11) is 0. The van der Waals surface area contributed by atoms with Gasteiger partial charge in [-0.05, 0) is 48.7 Å². The van der Waals surface area contributed by atoms with Crippen molar-refractivity contribution in [3.05, 3.63) is 22.4 Å². The molecular formula is C20H23BrN4O2. The van der Waals surface area contributed by atoms with Gasteiger partial charge in [0.15, 0.2) is 0 Å². The number of carbonyl (C=O) groups excluding carboxylic acids is 1. The lowest BCUT2D eigenvalue weighted by Crippen LogP contribution is -2.67. The number of rotatable bonds is 2. The highest BCUT2D eigenvalue weighted by Gasteiger charge is 2.59. The number of fused-ring (bicyclic) bond motifs is 1. The number of hydrogen-bond acceptors (Lipinski definition) is 5. The van der Waals surface area contributed by atoms with Crippen molar-refractivity contribution in [1.29, 1.82) is 5.26 Å². The Bertz CT molecular complexity index is 867. The van der Waals surface area contributed by atoms with Crippen LogP contribution in [0.1, 0.15) is 45.2 Å². The predicted molar refractivity (Wildman–Crippen MR) is 103 cm³/mol. The van der Waals surface area contributed by atoms with Crippen LogP contribution in [0.5, 0.6) is 0 Å². The van der Waals surface area contributed by atoms with E-state index in [0.717, 1.165) is 41.8 Å². The second-order valence-electron chi connectivity index (χ2n) is 8.98. The topological polar surface area (TPSA) is 69.5 Å². The molecule has 0 N–H and O–H groups in total. The monoisotopic (exact) mass is 430 g/mol. The van der Waals surface area contributed by atoms with E-state index in [2.05, 4.69) is 31.9 Å². The van der Waals surface area contributed by atoms with Crippen LogP contribution >= 0.6 is 15.9 Å². The van der Waals surface area contributed by atoms with Crippen molar-refractivity contribution in [3.63, 3.8) is 0 Å². The molecule has 0 atom stereocenters. The Morgan fingerprint density at radius 2 is 2.11 bits per heavy atom. The first-order valence-electron chi connectivity index (χ1n) is 9.60. The van der Waals surface area contributed by atoms with Gasteiger partial charge in [0.25, 0.3) is 0 Å². The molecular weight excluding hydrogens is 408 g/mol. The van der Waals surface area contributed by atoms with Gasteiger partial charge < -0.3 is 9.64 Å². The molecule has 7 heteroatoms. The van der Waals surface area contributed by atoms with Gasteiger partial charge in [-0.15, -0.1) is 0 Å².